The minimum absolute atomic E-state index is 0.192. The molecule has 0 unspecified atom stereocenters. The number of nitrogens with one attached hydrogen (secondary N) is 2. The van der Waals surface area contributed by atoms with Crippen LogP contribution in [0.1, 0.15) is 12.6 Å². The number of fused-ring (bicyclic) bond motifs is 1. The van der Waals surface area contributed by atoms with Gasteiger partial charge in [0.05, 0.1) is 11.2 Å². The summed E-state index contributed by atoms with van der Waals surface area (Å²) in [6.07, 6.45) is 4.78. The highest BCUT2D eigenvalue weighted by Gasteiger charge is 2.14. The summed E-state index contributed by atoms with van der Waals surface area (Å²) < 4.78 is 27.7. The SMILES string of the molecule is C=CC=N/C=C(\C)NC(=C)c1n[nH]c2ccc(-c3cccc(F)c3F)cc12. The maximum atomic E-state index is 14.1. The van der Waals surface area contributed by atoms with Crippen molar-refractivity contribution in [2.45, 2.75) is 6.92 Å². The van der Waals surface area contributed by atoms with Crippen molar-refractivity contribution in [1.29, 1.82) is 0 Å². The molecule has 0 spiro atoms. The van der Waals surface area contributed by atoms with Crippen LogP contribution in [0.25, 0.3) is 27.7 Å². The first-order valence-electron chi connectivity index (χ1n) is 8.21. The Balaban J connectivity index is 1.97. The summed E-state index contributed by atoms with van der Waals surface area (Å²) in [5.74, 6) is -1.76. The van der Waals surface area contributed by atoms with Crippen LogP contribution in [0.4, 0.5) is 8.78 Å². The van der Waals surface area contributed by atoms with Gasteiger partial charge in [-0.2, -0.15) is 5.10 Å². The maximum Gasteiger partial charge on any atom is 0.166 e. The van der Waals surface area contributed by atoms with Crippen LogP contribution < -0.4 is 5.32 Å². The van der Waals surface area contributed by atoms with Crippen LogP contribution in [0.15, 0.2) is 72.5 Å². The van der Waals surface area contributed by atoms with Gasteiger partial charge in [-0.05, 0) is 30.7 Å². The van der Waals surface area contributed by atoms with Crippen LogP contribution in [0, 0.1) is 11.6 Å². The molecule has 2 N–H and O–H groups in total. The molecule has 0 saturated carbocycles. The zero-order valence-corrected chi connectivity index (χ0v) is 14.8. The molecule has 0 fully saturated rings. The van der Waals surface area contributed by atoms with Crippen molar-refractivity contribution in [1.82, 2.24) is 15.5 Å². The Bertz CT molecular complexity index is 1080. The van der Waals surface area contributed by atoms with Crippen LogP contribution in [0.2, 0.25) is 0 Å². The molecule has 3 aromatic rings. The molecule has 136 valence electrons. The Morgan fingerprint density at radius 1 is 1.26 bits per heavy atom. The lowest BCUT2D eigenvalue weighted by Gasteiger charge is -2.08. The molecule has 0 atom stereocenters. The van der Waals surface area contributed by atoms with E-state index < -0.39 is 11.6 Å². The summed E-state index contributed by atoms with van der Waals surface area (Å²) in [7, 11) is 0. The van der Waals surface area contributed by atoms with Crippen molar-refractivity contribution < 1.29 is 8.78 Å². The van der Waals surface area contributed by atoms with Crippen molar-refractivity contribution in [3.05, 3.63) is 84.9 Å². The largest absolute Gasteiger partial charge is 0.357 e. The van der Waals surface area contributed by atoms with E-state index in [0.29, 0.717) is 17.0 Å². The van der Waals surface area contributed by atoms with Gasteiger partial charge in [0.15, 0.2) is 11.6 Å². The van der Waals surface area contributed by atoms with Gasteiger partial charge in [-0.3, -0.25) is 10.1 Å². The fraction of sp³-hybridized carbons (Fsp3) is 0.0476. The van der Waals surface area contributed by atoms with Crippen LogP contribution in [-0.4, -0.2) is 16.4 Å². The summed E-state index contributed by atoms with van der Waals surface area (Å²) in [6.45, 7) is 9.41. The van der Waals surface area contributed by atoms with E-state index in [1.165, 1.54) is 12.1 Å². The molecule has 6 heteroatoms. The third-order valence-corrected chi connectivity index (χ3v) is 3.92. The van der Waals surface area contributed by atoms with Crippen LogP contribution in [-0.2, 0) is 0 Å². The van der Waals surface area contributed by atoms with E-state index in [1.54, 1.807) is 36.7 Å². The number of benzene rings is 2. The third-order valence-electron chi connectivity index (χ3n) is 3.92. The van der Waals surface area contributed by atoms with Crippen molar-refractivity contribution in [3.8, 4) is 11.1 Å². The van der Waals surface area contributed by atoms with Gasteiger partial charge >= 0.3 is 0 Å². The standard InChI is InChI=1S/C21H18F2N4/c1-4-10-24-12-13(2)25-14(3)21-17-11-15(8-9-19(17)26-27-21)16-6-5-7-18(22)20(16)23/h4-12,25H,1,3H2,2H3,(H,26,27)/b13-12+,24-10?. The Morgan fingerprint density at radius 3 is 2.85 bits per heavy atom. The quantitative estimate of drug-likeness (QED) is 0.592. The van der Waals surface area contributed by atoms with E-state index in [-0.39, 0.29) is 5.56 Å². The number of aliphatic imine (C=N–C) groups is 1. The third kappa shape index (κ3) is 3.84. The van der Waals surface area contributed by atoms with Gasteiger partial charge in [0.25, 0.3) is 0 Å². The smallest absolute Gasteiger partial charge is 0.166 e. The molecular weight excluding hydrogens is 346 g/mol. The molecule has 1 heterocycles. The average molecular weight is 364 g/mol. The molecule has 0 aliphatic heterocycles. The van der Waals surface area contributed by atoms with Gasteiger partial charge < -0.3 is 5.32 Å². The van der Waals surface area contributed by atoms with E-state index in [4.69, 9.17) is 0 Å². The fourth-order valence-corrected chi connectivity index (χ4v) is 2.68. The monoisotopic (exact) mass is 364 g/mol. The molecule has 27 heavy (non-hydrogen) atoms. The molecule has 4 nitrogen and oxygen atoms in total. The zero-order valence-electron chi connectivity index (χ0n) is 14.8. The van der Waals surface area contributed by atoms with Crippen LogP contribution >= 0.6 is 0 Å². The molecular formula is C21H18F2N4. The highest BCUT2D eigenvalue weighted by molar-refractivity contribution is 5.92. The van der Waals surface area contributed by atoms with Crippen molar-refractivity contribution >= 4 is 22.8 Å². The van der Waals surface area contributed by atoms with Gasteiger partial charge in [0.2, 0.25) is 0 Å². The average Bonchev–Trinajstić information content (AvgIpc) is 3.07. The molecule has 3 rings (SSSR count). The van der Waals surface area contributed by atoms with E-state index in [9.17, 15) is 8.78 Å². The highest BCUT2D eigenvalue weighted by atomic mass is 19.2. The molecule has 0 saturated heterocycles. The highest BCUT2D eigenvalue weighted by Crippen LogP contribution is 2.29. The number of allylic oxidation sites excluding steroid dienone is 2. The Kier molecular flexibility index (Phi) is 5.26. The molecule has 0 bridgehead atoms. The number of nitrogens with zero attached hydrogens (tertiary/aromatic N) is 2. The molecule has 0 amide bonds. The van der Waals surface area contributed by atoms with Crippen LogP contribution in [0.3, 0.4) is 0 Å². The minimum Gasteiger partial charge on any atom is -0.357 e. The maximum absolute atomic E-state index is 14.1. The van der Waals surface area contributed by atoms with Crippen molar-refractivity contribution in [3.63, 3.8) is 0 Å². The molecule has 0 aliphatic rings. The Labute approximate surface area is 155 Å². The minimum atomic E-state index is -0.882. The summed E-state index contributed by atoms with van der Waals surface area (Å²) in [5.41, 5.74) is 3.42. The lowest BCUT2D eigenvalue weighted by Crippen LogP contribution is -2.08. The summed E-state index contributed by atoms with van der Waals surface area (Å²) in [4.78, 5) is 4.04. The number of halogens is 2. The lowest BCUT2D eigenvalue weighted by molar-refractivity contribution is 0.511. The zero-order chi connectivity index (χ0) is 19.4. The number of hydrogen-bond donors (Lipinski definition) is 2. The topological polar surface area (TPSA) is 53.1 Å². The van der Waals surface area contributed by atoms with E-state index in [1.807, 2.05) is 6.92 Å². The number of aromatic amines is 1. The second-order valence-corrected chi connectivity index (χ2v) is 5.88. The lowest BCUT2D eigenvalue weighted by atomic mass is 10.0. The molecule has 0 aliphatic carbocycles. The van der Waals surface area contributed by atoms with Crippen molar-refractivity contribution in [2.24, 2.45) is 4.99 Å². The van der Waals surface area contributed by atoms with Gasteiger partial charge in [0.1, 0.15) is 5.69 Å². The first kappa shape index (κ1) is 18.3. The molecule has 0 radical (unpaired) electrons. The van der Waals surface area contributed by atoms with E-state index in [2.05, 4.69) is 33.7 Å². The predicted molar refractivity (Wildman–Crippen MR) is 106 cm³/mol. The molecule has 1 aromatic heterocycles. The molecule has 2 aromatic carbocycles. The predicted octanol–water partition coefficient (Wildman–Crippen LogP) is 5.19. The summed E-state index contributed by atoms with van der Waals surface area (Å²) in [5, 5.41) is 11.1. The second kappa shape index (κ2) is 7.78. The van der Waals surface area contributed by atoms with E-state index >= 15 is 0 Å². The van der Waals surface area contributed by atoms with Gasteiger partial charge in [-0.1, -0.05) is 37.4 Å². The first-order valence-corrected chi connectivity index (χ1v) is 8.21. The normalized spacial score (nSPS) is 11.9. The second-order valence-electron chi connectivity index (χ2n) is 5.88. The Morgan fingerprint density at radius 2 is 2.07 bits per heavy atom. The number of H-pyrrole nitrogens is 1. The van der Waals surface area contributed by atoms with Gasteiger partial charge in [0, 0.05) is 29.1 Å². The number of aromatic nitrogens is 2. The fourth-order valence-electron chi connectivity index (χ4n) is 2.68. The van der Waals surface area contributed by atoms with Gasteiger partial charge in [-0.25, -0.2) is 8.78 Å². The Hall–Kier alpha value is -3.54. The van der Waals surface area contributed by atoms with Gasteiger partial charge in [-0.15, -0.1) is 0 Å². The van der Waals surface area contributed by atoms with Crippen molar-refractivity contribution in [2.75, 3.05) is 0 Å². The number of hydrogen-bond acceptors (Lipinski definition) is 3. The van der Waals surface area contributed by atoms with Crippen LogP contribution in [0.5, 0.6) is 0 Å². The summed E-state index contributed by atoms with van der Waals surface area (Å²) >= 11 is 0. The summed E-state index contributed by atoms with van der Waals surface area (Å²) in [6, 6.07) is 9.36. The number of rotatable bonds is 6. The first-order chi connectivity index (χ1) is 13.0. The van der Waals surface area contributed by atoms with E-state index in [0.717, 1.165) is 22.7 Å².